The van der Waals surface area contributed by atoms with Gasteiger partial charge in [0.25, 0.3) is 0 Å². The molecule has 0 saturated carbocycles. The maximum absolute atomic E-state index is 11.7. The van der Waals surface area contributed by atoms with E-state index in [0.717, 1.165) is 17.8 Å². The number of aromatic nitrogens is 4. The normalized spacial score (nSPS) is 10.8. The standard InChI is InChI=1S/C13H19N5O2/c1-4-9-6-10(17(3)15-9)7-18-8-11(14)12(16-18)13(19)20-5-2/h6,8H,4-5,7,14H2,1-3H3. The number of ether oxygens (including phenoxy) is 1. The zero-order valence-corrected chi connectivity index (χ0v) is 12.0. The molecule has 0 bridgehead atoms. The number of hydrogen-bond donors (Lipinski definition) is 1. The summed E-state index contributed by atoms with van der Waals surface area (Å²) in [6, 6.07) is 2.02. The van der Waals surface area contributed by atoms with Crippen LogP contribution in [0.5, 0.6) is 0 Å². The molecule has 0 aliphatic rings. The summed E-state index contributed by atoms with van der Waals surface area (Å²) in [7, 11) is 1.88. The van der Waals surface area contributed by atoms with Crippen molar-refractivity contribution in [2.45, 2.75) is 26.8 Å². The Morgan fingerprint density at radius 2 is 2.15 bits per heavy atom. The highest BCUT2D eigenvalue weighted by Gasteiger charge is 2.16. The van der Waals surface area contributed by atoms with Gasteiger partial charge in [-0.15, -0.1) is 0 Å². The summed E-state index contributed by atoms with van der Waals surface area (Å²) in [4.78, 5) is 11.7. The summed E-state index contributed by atoms with van der Waals surface area (Å²) in [5.41, 5.74) is 8.29. The first-order valence-corrected chi connectivity index (χ1v) is 6.57. The lowest BCUT2D eigenvalue weighted by atomic mass is 10.3. The Labute approximate surface area is 117 Å². The molecule has 0 amide bonds. The molecule has 2 N–H and O–H groups in total. The third-order valence-electron chi connectivity index (χ3n) is 2.97. The lowest BCUT2D eigenvalue weighted by Gasteiger charge is -2.01. The van der Waals surface area contributed by atoms with Gasteiger partial charge in [0, 0.05) is 13.2 Å². The summed E-state index contributed by atoms with van der Waals surface area (Å²) >= 11 is 0. The third-order valence-corrected chi connectivity index (χ3v) is 2.97. The van der Waals surface area contributed by atoms with E-state index in [9.17, 15) is 4.79 Å². The van der Waals surface area contributed by atoms with Gasteiger partial charge in [-0.3, -0.25) is 9.36 Å². The molecule has 7 nitrogen and oxygen atoms in total. The number of esters is 1. The maximum Gasteiger partial charge on any atom is 0.361 e. The molecule has 2 rings (SSSR count). The Balaban J connectivity index is 2.19. The van der Waals surface area contributed by atoms with Crippen LogP contribution in [0.3, 0.4) is 0 Å². The van der Waals surface area contributed by atoms with Crippen molar-refractivity contribution in [3.05, 3.63) is 29.3 Å². The minimum absolute atomic E-state index is 0.157. The van der Waals surface area contributed by atoms with Gasteiger partial charge in [0.2, 0.25) is 0 Å². The van der Waals surface area contributed by atoms with E-state index in [1.54, 1.807) is 22.5 Å². The quantitative estimate of drug-likeness (QED) is 0.823. The summed E-state index contributed by atoms with van der Waals surface area (Å²) in [6.07, 6.45) is 2.51. The summed E-state index contributed by atoms with van der Waals surface area (Å²) in [5, 5.41) is 8.55. The van der Waals surface area contributed by atoms with Crippen LogP contribution in [0.2, 0.25) is 0 Å². The molecule has 108 valence electrons. The first-order chi connectivity index (χ1) is 9.55. The number of nitrogens with two attached hydrogens (primary N) is 1. The van der Waals surface area contributed by atoms with Gasteiger partial charge in [-0.05, 0) is 19.4 Å². The highest BCUT2D eigenvalue weighted by molar-refractivity contribution is 5.92. The Hall–Kier alpha value is -2.31. The average Bonchev–Trinajstić information content (AvgIpc) is 2.94. The first kappa shape index (κ1) is 14.1. The minimum atomic E-state index is -0.497. The van der Waals surface area contributed by atoms with Crippen molar-refractivity contribution < 1.29 is 9.53 Å². The Bertz CT molecular complexity index is 614. The second-order valence-electron chi connectivity index (χ2n) is 4.46. The third kappa shape index (κ3) is 2.81. The van der Waals surface area contributed by atoms with Crippen LogP contribution in [0.25, 0.3) is 0 Å². The summed E-state index contributed by atoms with van der Waals surface area (Å²) < 4.78 is 8.33. The van der Waals surface area contributed by atoms with Crippen molar-refractivity contribution in [2.75, 3.05) is 12.3 Å². The Kier molecular flexibility index (Phi) is 4.07. The molecule has 0 aliphatic carbocycles. The van der Waals surface area contributed by atoms with Crippen molar-refractivity contribution in [1.82, 2.24) is 19.6 Å². The van der Waals surface area contributed by atoms with Crippen LogP contribution in [0.4, 0.5) is 5.69 Å². The van der Waals surface area contributed by atoms with Gasteiger partial charge in [-0.2, -0.15) is 10.2 Å². The number of anilines is 1. The number of nitrogens with zero attached hydrogens (tertiary/aromatic N) is 4. The largest absolute Gasteiger partial charge is 0.461 e. The molecule has 0 saturated heterocycles. The van der Waals surface area contributed by atoms with Gasteiger partial charge in [-0.1, -0.05) is 6.92 Å². The molecule has 0 unspecified atom stereocenters. The molecule has 0 radical (unpaired) electrons. The summed E-state index contributed by atoms with van der Waals surface area (Å²) in [6.45, 7) is 4.60. The molecule has 2 aromatic heterocycles. The molecule has 0 atom stereocenters. The lowest BCUT2D eigenvalue weighted by molar-refractivity contribution is 0.0519. The van der Waals surface area contributed by atoms with Gasteiger partial charge in [-0.25, -0.2) is 4.79 Å². The smallest absolute Gasteiger partial charge is 0.361 e. The first-order valence-electron chi connectivity index (χ1n) is 6.57. The molecule has 2 heterocycles. The van der Waals surface area contributed by atoms with E-state index in [1.807, 2.05) is 13.1 Å². The van der Waals surface area contributed by atoms with Gasteiger partial charge in [0.15, 0.2) is 5.69 Å². The second-order valence-corrected chi connectivity index (χ2v) is 4.46. The van der Waals surface area contributed by atoms with Crippen molar-refractivity contribution in [3.8, 4) is 0 Å². The number of nitrogen functional groups attached to an aromatic ring is 1. The second kappa shape index (κ2) is 5.77. The molecule has 20 heavy (non-hydrogen) atoms. The predicted octanol–water partition coefficient (Wildman–Crippen LogP) is 0.986. The van der Waals surface area contributed by atoms with E-state index in [4.69, 9.17) is 10.5 Å². The van der Waals surface area contributed by atoms with E-state index in [-0.39, 0.29) is 5.69 Å². The van der Waals surface area contributed by atoms with Gasteiger partial charge in [0.05, 0.1) is 30.2 Å². The molecular formula is C13H19N5O2. The molecule has 0 aromatic carbocycles. The zero-order chi connectivity index (χ0) is 14.7. The van der Waals surface area contributed by atoms with Crippen LogP contribution in [0.1, 0.15) is 35.7 Å². The summed E-state index contributed by atoms with van der Waals surface area (Å²) in [5.74, 6) is -0.497. The molecule has 0 fully saturated rings. The monoisotopic (exact) mass is 277 g/mol. The number of carbonyl (C=O) groups excluding carboxylic acids is 1. The molecular weight excluding hydrogens is 258 g/mol. The lowest BCUT2D eigenvalue weighted by Crippen LogP contribution is -2.10. The van der Waals surface area contributed by atoms with Crippen molar-refractivity contribution in [1.29, 1.82) is 0 Å². The van der Waals surface area contributed by atoms with E-state index in [2.05, 4.69) is 17.1 Å². The van der Waals surface area contributed by atoms with Crippen molar-refractivity contribution in [2.24, 2.45) is 7.05 Å². The number of rotatable bonds is 5. The minimum Gasteiger partial charge on any atom is -0.461 e. The Morgan fingerprint density at radius 1 is 1.40 bits per heavy atom. The number of aryl methyl sites for hydroxylation is 2. The van der Waals surface area contributed by atoms with E-state index < -0.39 is 5.97 Å². The fraction of sp³-hybridized carbons (Fsp3) is 0.462. The van der Waals surface area contributed by atoms with Gasteiger partial charge >= 0.3 is 5.97 Å². The number of carbonyl (C=O) groups is 1. The van der Waals surface area contributed by atoms with E-state index >= 15 is 0 Å². The fourth-order valence-corrected chi connectivity index (χ4v) is 1.93. The zero-order valence-electron chi connectivity index (χ0n) is 12.0. The van der Waals surface area contributed by atoms with Crippen LogP contribution < -0.4 is 5.73 Å². The average molecular weight is 277 g/mol. The van der Waals surface area contributed by atoms with Crippen molar-refractivity contribution >= 4 is 11.7 Å². The van der Waals surface area contributed by atoms with Crippen LogP contribution in [-0.4, -0.2) is 32.1 Å². The fourth-order valence-electron chi connectivity index (χ4n) is 1.93. The van der Waals surface area contributed by atoms with Gasteiger partial charge < -0.3 is 10.5 Å². The topological polar surface area (TPSA) is 88.0 Å². The van der Waals surface area contributed by atoms with Crippen LogP contribution >= 0.6 is 0 Å². The van der Waals surface area contributed by atoms with Crippen LogP contribution in [0, 0.1) is 0 Å². The molecule has 2 aromatic rings. The van der Waals surface area contributed by atoms with E-state index in [0.29, 0.717) is 18.8 Å². The van der Waals surface area contributed by atoms with Crippen molar-refractivity contribution in [3.63, 3.8) is 0 Å². The van der Waals surface area contributed by atoms with Gasteiger partial charge in [0.1, 0.15) is 0 Å². The predicted molar refractivity (Wildman–Crippen MR) is 74.3 cm³/mol. The molecule has 7 heteroatoms. The van der Waals surface area contributed by atoms with Crippen LogP contribution in [-0.2, 0) is 24.8 Å². The molecule has 0 spiro atoms. The highest BCUT2D eigenvalue weighted by Crippen LogP contribution is 2.13. The SMILES string of the molecule is CCOC(=O)c1nn(Cc2cc(CC)nn2C)cc1N. The van der Waals surface area contributed by atoms with E-state index in [1.165, 1.54) is 0 Å². The van der Waals surface area contributed by atoms with Crippen LogP contribution in [0.15, 0.2) is 12.3 Å². The molecule has 0 aliphatic heterocycles. The highest BCUT2D eigenvalue weighted by atomic mass is 16.5. The number of hydrogen-bond acceptors (Lipinski definition) is 5. The maximum atomic E-state index is 11.7. The Morgan fingerprint density at radius 3 is 2.75 bits per heavy atom.